The lowest BCUT2D eigenvalue weighted by Crippen LogP contribution is -2.13. The Labute approximate surface area is 61.7 Å². The highest BCUT2D eigenvalue weighted by atomic mass is 16.1. The minimum Gasteiger partial charge on any atom is -0.282 e. The van der Waals surface area contributed by atoms with E-state index in [4.69, 9.17) is 0 Å². The molecule has 0 saturated carbocycles. The van der Waals surface area contributed by atoms with Crippen LogP contribution in [0.3, 0.4) is 0 Å². The first-order chi connectivity index (χ1) is 5.29. The van der Waals surface area contributed by atoms with Gasteiger partial charge in [-0.25, -0.2) is 10.1 Å². The standard InChI is InChI=1S/C6H6N4O/c1-4-8-9-6(11)5-7-2-3-10(4)5/h2-3H,1H3,(H,9,11). The Hall–Kier alpha value is -1.65. The molecule has 0 aromatic carbocycles. The van der Waals surface area contributed by atoms with E-state index in [1.54, 1.807) is 23.7 Å². The first-order valence-electron chi connectivity index (χ1n) is 3.17. The van der Waals surface area contributed by atoms with E-state index in [1.807, 2.05) is 0 Å². The Morgan fingerprint density at radius 2 is 2.45 bits per heavy atom. The normalized spacial score (nSPS) is 10.6. The first kappa shape index (κ1) is 6.09. The van der Waals surface area contributed by atoms with Crippen LogP contribution in [0.5, 0.6) is 0 Å². The third-order valence-electron chi connectivity index (χ3n) is 1.51. The van der Waals surface area contributed by atoms with Gasteiger partial charge in [0.05, 0.1) is 0 Å². The largest absolute Gasteiger partial charge is 0.307 e. The van der Waals surface area contributed by atoms with Crippen molar-refractivity contribution < 1.29 is 0 Å². The number of fused-ring (bicyclic) bond motifs is 1. The molecule has 0 radical (unpaired) electrons. The Balaban J connectivity index is 3.08. The summed E-state index contributed by atoms with van der Waals surface area (Å²) in [6.45, 7) is 1.80. The van der Waals surface area contributed by atoms with Gasteiger partial charge in [0, 0.05) is 12.4 Å². The topological polar surface area (TPSA) is 63.0 Å². The van der Waals surface area contributed by atoms with Crippen LogP contribution >= 0.6 is 0 Å². The summed E-state index contributed by atoms with van der Waals surface area (Å²) in [5.74, 6) is 0.720. The van der Waals surface area contributed by atoms with Crippen molar-refractivity contribution in [3.63, 3.8) is 0 Å². The Morgan fingerprint density at radius 3 is 3.18 bits per heavy atom. The Morgan fingerprint density at radius 1 is 1.64 bits per heavy atom. The number of hydrogen-bond acceptors (Lipinski definition) is 3. The summed E-state index contributed by atoms with van der Waals surface area (Å²) in [5, 5.41) is 6.10. The smallest absolute Gasteiger partial charge is 0.282 e. The molecular weight excluding hydrogens is 144 g/mol. The quantitative estimate of drug-likeness (QED) is 0.562. The van der Waals surface area contributed by atoms with Gasteiger partial charge in [0.2, 0.25) is 5.65 Å². The highest BCUT2D eigenvalue weighted by Gasteiger charge is 2.00. The number of H-pyrrole nitrogens is 1. The number of nitrogens with one attached hydrogen (secondary N) is 1. The molecule has 2 aromatic heterocycles. The van der Waals surface area contributed by atoms with Gasteiger partial charge in [-0.2, -0.15) is 5.10 Å². The van der Waals surface area contributed by atoms with Crippen molar-refractivity contribution in [3.05, 3.63) is 28.6 Å². The fourth-order valence-electron chi connectivity index (χ4n) is 0.968. The average molecular weight is 150 g/mol. The number of aromatic nitrogens is 4. The molecule has 0 aliphatic heterocycles. The summed E-state index contributed by atoms with van der Waals surface area (Å²) in [4.78, 5) is 14.8. The molecule has 0 unspecified atom stereocenters. The third-order valence-corrected chi connectivity index (χ3v) is 1.51. The molecule has 56 valence electrons. The van der Waals surface area contributed by atoms with E-state index < -0.39 is 0 Å². The molecule has 0 aliphatic carbocycles. The van der Waals surface area contributed by atoms with Gasteiger partial charge in [0.25, 0.3) is 0 Å². The molecule has 2 aromatic rings. The molecule has 2 rings (SSSR count). The first-order valence-corrected chi connectivity index (χ1v) is 3.17. The number of aryl methyl sites for hydroxylation is 1. The molecule has 0 spiro atoms. The van der Waals surface area contributed by atoms with Crippen molar-refractivity contribution >= 4 is 5.65 Å². The number of aromatic amines is 1. The van der Waals surface area contributed by atoms with Crippen molar-refractivity contribution in [3.8, 4) is 0 Å². The van der Waals surface area contributed by atoms with Crippen LogP contribution < -0.4 is 5.56 Å². The van der Waals surface area contributed by atoms with Gasteiger partial charge in [-0.15, -0.1) is 0 Å². The molecular formula is C6H6N4O. The fourth-order valence-corrected chi connectivity index (χ4v) is 0.968. The number of rotatable bonds is 0. The second-order valence-electron chi connectivity index (χ2n) is 2.22. The zero-order chi connectivity index (χ0) is 7.84. The predicted octanol–water partition coefficient (Wildman–Crippen LogP) is -0.274. The van der Waals surface area contributed by atoms with E-state index in [9.17, 15) is 4.79 Å². The molecule has 0 aliphatic rings. The van der Waals surface area contributed by atoms with Crippen molar-refractivity contribution in [1.82, 2.24) is 19.6 Å². The van der Waals surface area contributed by atoms with Gasteiger partial charge in [0.15, 0.2) is 0 Å². The van der Waals surface area contributed by atoms with E-state index in [0.717, 1.165) is 5.82 Å². The van der Waals surface area contributed by atoms with Crippen molar-refractivity contribution in [2.75, 3.05) is 0 Å². The van der Waals surface area contributed by atoms with Gasteiger partial charge >= 0.3 is 5.56 Å². The van der Waals surface area contributed by atoms with Crippen LogP contribution in [-0.4, -0.2) is 19.6 Å². The van der Waals surface area contributed by atoms with Crippen LogP contribution in [0.25, 0.3) is 5.65 Å². The molecule has 5 nitrogen and oxygen atoms in total. The van der Waals surface area contributed by atoms with Crippen LogP contribution in [-0.2, 0) is 0 Å². The van der Waals surface area contributed by atoms with Crippen molar-refractivity contribution in [1.29, 1.82) is 0 Å². The van der Waals surface area contributed by atoms with Gasteiger partial charge < -0.3 is 0 Å². The number of imidazole rings is 1. The van der Waals surface area contributed by atoms with Crippen LogP contribution in [0, 0.1) is 6.92 Å². The molecule has 5 heteroatoms. The van der Waals surface area contributed by atoms with E-state index in [2.05, 4.69) is 15.2 Å². The summed E-state index contributed by atoms with van der Waals surface area (Å²) >= 11 is 0. The lowest BCUT2D eigenvalue weighted by molar-refractivity contribution is 0.856. The molecule has 1 N–H and O–H groups in total. The molecule has 0 fully saturated rings. The molecule has 0 atom stereocenters. The summed E-state index contributed by atoms with van der Waals surface area (Å²) in [6.07, 6.45) is 3.27. The summed E-state index contributed by atoms with van der Waals surface area (Å²) in [7, 11) is 0. The highest BCUT2D eigenvalue weighted by molar-refractivity contribution is 5.34. The lowest BCUT2D eigenvalue weighted by atomic mass is 10.6. The summed E-state index contributed by atoms with van der Waals surface area (Å²) in [5.41, 5.74) is 0.123. The minimum atomic E-state index is -0.263. The van der Waals surface area contributed by atoms with Gasteiger partial charge in [-0.3, -0.25) is 9.20 Å². The lowest BCUT2D eigenvalue weighted by Gasteiger charge is -1.93. The van der Waals surface area contributed by atoms with Crippen molar-refractivity contribution in [2.45, 2.75) is 6.92 Å². The third kappa shape index (κ3) is 0.739. The van der Waals surface area contributed by atoms with Gasteiger partial charge in [0.1, 0.15) is 5.82 Å². The monoisotopic (exact) mass is 150 g/mol. The fraction of sp³-hybridized carbons (Fsp3) is 0.167. The molecule has 11 heavy (non-hydrogen) atoms. The molecule has 0 bridgehead atoms. The summed E-state index contributed by atoms with van der Waals surface area (Å²) < 4.78 is 1.64. The average Bonchev–Trinajstić information content (AvgIpc) is 2.45. The maximum absolute atomic E-state index is 11.0. The molecule has 2 heterocycles. The van der Waals surface area contributed by atoms with Gasteiger partial charge in [-0.05, 0) is 6.92 Å². The number of nitrogens with zero attached hydrogens (tertiary/aromatic N) is 3. The Kier molecular flexibility index (Phi) is 1.06. The highest BCUT2D eigenvalue weighted by Crippen LogP contribution is 1.93. The maximum Gasteiger partial charge on any atom is 0.307 e. The molecule has 0 amide bonds. The van der Waals surface area contributed by atoms with Crippen LogP contribution in [0.4, 0.5) is 0 Å². The SMILES string of the molecule is Cc1n[nH]c(=O)c2nccn12. The summed E-state index contributed by atoms with van der Waals surface area (Å²) in [6, 6.07) is 0. The second-order valence-corrected chi connectivity index (χ2v) is 2.22. The predicted molar refractivity (Wildman–Crippen MR) is 38.3 cm³/mol. The zero-order valence-electron chi connectivity index (χ0n) is 5.90. The van der Waals surface area contributed by atoms with Crippen LogP contribution in [0.1, 0.15) is 5.82 Å². The van der Waals surface area contributed by atoms with E-state index in [0.29, 0.717) is 5.65 Å². The van der Waals surface area contributed by atoms with Crippen LogP contribution in [0.2, 0.25) is 0 Å². The minimum absolute atomic E-state index is 0.263. The zero-order valence-corrected chi connectivity index (χ0v) is 5.90. The Bertz CT molecular complexity index is 441. The van der Waals surface area contributed by atoms with E-state index in [1.165, 1.54) is 0 Å². The second kappa shape index (κ2) is 1.91. The van der Waals surface area contributed by atoms with E-state index in [-0.39, 0.29) is 5.56 Å². The maximum atomic E-state index is 11.0. The van der Waals surface area contributed by atoms with E-state index >= 15 is 0 Å². The molecule has 0 saturated heterocycles. The van der Waals surface area contributed by atoms with Crippen molar-refractivity contribution in [2.24, 2.45) is 0 Å². The van der Waals surface area contributed by atoms with Gasteiger partial charge in [-0.1, -0.05) is 0 Å². The van der Waals surface area contributed by atoms with Crippen LogP contribution in [0.15, 0.2) is 17.2 Å². The number of hydrogen-bond donors (Lipinski definition) is 1.